The van der Waals surface area contributed by atoms with Crippen LogP contribution in [0.2, 0.25) is 0 Å². The van der Waals surface area contributed by atoms with Gasteiger partial charge < -0.3 is 0 Å². The van der Waals surface area contributed by atoms with Crippen LogP contribution in [0.1, 0.15) is 34.3 Å². The highest BCUT2D eigenvalue weighted by Gasteiger charge is 2.18. The maximum absolute atomic E-state index is 11.5. The van der Waals surface area contributed by atoms with Gasteiger partial charge in [-0.1, -0.05) is 24.3 Å². The molecule has 78 valence electrons. The number of fused-ring (bicyclic) bond motifs is 1. The Labute approximate surface area is 94.8 Å². The van der Waals surface area contributed by atoms with Crippen molar-refractivity contribution in [2.75, 3.05) is 5.88 Å². The van der Waals surface area contributed by atoms with E-state index in [4.69, 9.17) is 11.6 Å². The normalized spacial score (nSPS) is 14.9. The van der Waals surface area contributed by atoms with Crippen molar-refractivity contribution in [2.45, 2.75) is 19.3 Å². The van der Waals surface area contributed by atoms with E-state index in [2.05, 4.69) is 12.1 Å². The third-order valence-corrected chi connectivity index (χ3v) is 2.86. The van der Waals surface area contributed by atoms with Crippen LogP contribution in [0.5, 0.6) is 0 Å². The van der Waals surface area contributed by atoms with Gasteiger partial charge in [-0.3, -0.25) is 4.79 Å². The number of allylic oxidation sites excluding steroid dienone is 1. The van der Waals surface area contributed by atoms with Gasteiger partial charge in [0, 0.05) is 17.9 Å². The summed E-state index contributed by atoms with van der Waals surface area (Å²) in [7, 11) is 0. The predicted octanol–water partition coefficient (Wildman–Crippen LogP) is 3.46. The Morgan fingerprint density at radius 1 is 1.33 bits per heavy atom. The number of halogens is 1. The van der Waals surface area contributed by atoms with Crippen LogP contribution in [0, 0.1) is 0 Å². The zero-order chi connectivity index (χ0) is 10.7. The molecule has 15 heavy (non-hydrogen) atoms. The molecule has 0 aliphatic heterocycles. The molecule has 0 atom stereocenters. The second-order valence-electron chi connectivity index (χ2n) is 3.72. The molecule has 1 aromatic carbocycles. The van der Waals surface area contributed by atoms with Crippen LogP contribution in [0.3, 0.4) is 0 Å². The van der Waals surface area contributed by atoms with Crippen LogP contribution < -0.4 is 0 Å². The Morgan fingerprint density at radius 2 is 2.20 bits per heavy atom. The highest BCUT2D eigenvalue weighted by Crippen LogP contribution is 2.23. The van der Waals surface area contributed by atoms with Gasteiger partial charge in [-0.2, -0.15) is 0 Å². The smallest absolute Gasteiger partial charge is 0.163 e. The van der Waals surface area contributed by atoms with E-state index in [-0.39, 0.29) is 5.78 Å². The molecule has 0 unspecified atom stereocenters. The van der Waals surface area contributed by atoms with E-state index in [1.54, 1.807) is 0 Å². The number of ketones is 1. The molecule has 0 radical (unpaired) electrons. The average Bonchev–Trinajstić information content (AvgIpc) is 2.61. The number of benzene rings is 1. The van der Waals surface area contributed by atoms with Gasteiger partial charge in [-0.05, 0) is 30.0 Å². The first-order valence-corrected chi connectivity index (χ1v) is 5.73. The second kappa shape index (κ2) is 4.63. The van der Waals surface area contributed by atoms with Crippen LogP contribution in [0.15, 0.2) is 24.3 Å². The van der Waals surface area contributed by atoms with Crippen molar-refractivity contribution in [1.82, 2.24) is 0 Å². The Balaban J connectivity index is 2.22. The van der Waals surface area contributed by atoms with Gasteiger partial charge in [0.05, 0.1) is 0 Å². The largest absolute Gasteiger partial charge is 0.294 e. The first-order chi connectivity index (χ1) is 7.31. The Hall–Kier alpha value is -1.08. The lowest BCUT2D eigenvalue weighted by molar-refractivity contribution is 0.0994. The molecular weight excluding hydrogens is 208 g/mol. The van der Waals surface area contributed by atoms with Crippen LogP contribution in [-0.4, -0.2) is 11.7 Å². The zero-order valence-corrected chi connectivity index (χ0v) is 9.26. The summed E-state index contributed by atoms with van der Waals surface area (Å²) >= 11 is 5.58. The van der Waals surface area contributed by atoms with Gasteiger partial charge in [0.2, 0.25) is 0 Å². The molecule has 0 bridgehead atoms. The van der Waals surface area contributed by atoms with Crippen molar-refractivity contribution >= 4 is 23.5 Å². The number of alkyl halides is 1. The molecule has 1 aliphatic rings. The van der Waals surface area contributed by atoms with Gasteiger partial charge in [0.1, 0.15) is 0 Å². The van der Waals surface area contributed by atoms with Gasteiger partial charge in [-0.25, -0.2) is 0 Å². The minimum Gasteiger partial charge on any atom is -0.294 e. The van der Waals surface area contributed by atoms with E-state index in [0.29, 0.717) is 12.3 Å². The number of aryl methyl sites for hydroxylation is 1. The number of carbonyl (C=O) groups excluding carboxylic acids is 1. The average molecular weight is 221 g/mol. The molecule has 0 fully saturated rings. The van der Waals surface area contributed by atoms with Gasteiger partial charge in [0.15, 0.2) is 5.78 Å². The van der Waals surface area contributed by atoms with E-state index in [0.717, 1.165) is 24.0 Å². The topological polar surface area (TPSA) is 17.1 Å². The van der Waals surface area contributed by atoms with Crippen molar-refractivity contribution in [2.24, 2.45) is 0 Å². The molecule has 0 saturated heterocycles. The monoisotopic (exact) mass is 220 g/mol. The zero-order valence-electron chi connectivity index (χ0n) is 8.50. The molecule has 1 aliphatic carbocycles. The molecule has 2 heteroatoms. The molecule has 1 nitrogen and oxygen atoms in total. The van der Waals surface area contributed by atoms with Gasteiger partial charge in [0.25, 0.3) is 0 Å². The minimum absolute atomic E-state index is 0.276. The summed E-state index contributed by atoms with van der Waals surface area (Å²) in [6.45, 7) is 0. The third kappa shape index (κ3) is 2.29. The van der Waals surface area contributed by atoms with Crippen molar-refractivity contribution in [1.29, 1.82) is 0 Å². The molecule has 0 saturated carbocycles. The molecule has 0 aromatic heterocycles. The fourth-order valence-corrected chi connectivity index (χ4v) is 1.97. The number of hydrogen-bond acceptors (Lipinski definition) is 1. The van der Waals surface area contributed by atoms with Gasteiger partial charge >= 0.3 is 0 Å². The lowest BCUT2D eigenvalue weighted by Crippen LogP contribution is -1.91. The molecule has 0 N–H and O–H groups in total. The number of Topliss-reactive ketones (excluding diaryl/α,β-unsaturated/α-hetero) is 1. The maximum atomic E-state index is 11.5. The first-order valence-electron chi connectivity index (χ1n) is 5.20. The van der Waals surface area contributed by atoms with E-state index < -0.39 is 0 Å². The highest BCUT2D eigenvalue weighted by atomic mass is 35.5. The fraction of sp³-hybridized carbons (Fsp3) is 0.308. The van der Waals surface area contributed by atoms with Crippen LogP contribution in [0.25, 0.3) is 6.08 Å². The number of rotatable bonds is 3. The second-order valence-corrected chi connectivity index (χ2v) is 4.10. The van der Waals surface area contributed by atoms with Gasteiger partial charge in [-0.15, -0.1) is 11.6 Å². The summed E-state index contributed by atoms with van der Waals surface area (Å²) in [6, 6.07) is 6.10. The lowest BCUT2D eigenvalue weighted by Gasteiger charge is -1.99. The molecule has 0 spiro atoms. The Morgan fingerprint density at radius 3 is 3.00 bits per heavy atom. The number of hydrogen-bond donors (Lipinski definition) is 0. The van der Waals surface area contributed by atoms with Crippen LogP contribution in [-0.2, 0) is 6.42 Å². The summed E-state index contributed by atoms with van der Waals surface area (Å²) in [5.41, 5.74) is 3.19. The summed E-state index contributed by atoms with van der Waals surface area (Å²) in [4.78, 5) is 11.5. The third-order valence-electron chi connectivity index (χ3n) is 2.64. The molecule has 1 aromatic rings. The summed E-state index contributed by atoms with van der Waals surface area (Å²) in [5.74, 6) is 0.915. The summed E-state index contributed by atoms with van der Waals surface area (Å²) < 4.78 is 0. The Kier molecular flexibility index (Phi) is 3.22. The summed E-state index contributed by atoms with van der Waals surface area (Å²) in [6.07, 6.45) is 6.50. The lowest BCUT2D eigenvalue weighted by atomic mass is 10.1. The molecule has 0 heterocycles. The quantitative estimate of drug-likeness (QED) is 0.713. The highest BCUT2D eigenvalue weighted by molar-refractivity contribution is 6.17. The number of carbonyl (C=O) groups is 1. The standard InChI is InChI=1S/C13H13ClO/c14-8-2-1-3-10-4-5-11-6-7-13(15)12(11)9-10/h1,3-5,9H,2,6-8H2. The van der Waals surface area contributed by atoms with Crippen molar-refractivity contribution < 1.29 is 4.79 Å². The molecular formula is C13H13ClO. The molecule has 2 rings (SSSR count). The molecule has 0 amide bonds. The fourth-order valence-electron chi connectivity index (χ4n) is 1.84. The first kappa shape index (κ1) is 10.4. The van der Waals surface area contributed by atoms with E-state index in [9.17, 15) is 4.79 Å². The predicted molar refractivity (Wildman–Crippen MR) is 63.5 cm³/mol. The van der Waals surface area contributed by atoms with Crippen LogP contribution >= 0.6 is 11.6 Å². The van der Waals surface area contributed by atoms with Crippen LogP contribution in [0.4, 0.5) is 0 Å². The SMILES string of the molecule is O=C1CCc2ccc(C=CCCCl)cc21. The van der Waals surface area contributed by atoms with E-state index >= 15 is 0 Å². The minimum atomic E-state index is 0.276. The Bertz CT molecular complexity index is 407. The van der Waals surface area contributed by atoms with Crippen molar-refractivity contribution in [3.05, 3.63) is 41.0 Å². The maximum Gasteiger partial charge on any atom is 0.163 e. The van der Waals surface area contributed by atoms with Crippen molar-refractivity contribution in [3.8, 4) is 0 Å². The van der Waals surface area contributed by atoms with Crippen molar-refractivity contribution in [3.63, 3.8) is 0 Å². The van der Waals surface area contributed by atoms with E-state index in [1.165, 1.54) is 5.56 Å². The summed E-state index contributed by atoms with van der Waals surface area (Å²) in [5, 5.41) is 0. The van der Waals surface area contributed by atoms with E-state index in [1.807, 2.05) is 18.2 Å².